The Kier molecular flexibility index (Phi) is 4.74. The van der Waals surface area contributed by atoms with Crippen LogP contribution in [-0.4, -0.2) is 12.5 Å². The highest BCUT2D eigenvalue weighted by atomic mass is 79.9. The molecule has 0 saturated heterocycles. The maximum Gasteiger partial charge on any atom is 0.255 e. The second-order valence-electron chi connectivity index (χ2n) is 4.01. The molecule has 1 N–H and O–H groups in total. The number of halogens is 2. The summed E-state index contributed by atoms with van der Waals surface area (Å²) < 4.78 is 19.2. The molecule has 0 aliphatic carbocycles. The van der Waals surface area contributed by atoms with Gasteiger partial charge in [0.1, 0.15) is 11.6 Å². The summed E-state index contributed by atoms with van der Waals surface area (Å²) in [5.74, 6) is -0.278. The second kappa shape index (κ2) is 6.52. The largest absolute Gasteiger partial charge is 0.492 e. The molecule has 0 aliphatic heterocycles. The minimum Gasteiger partial charge on any atom is -0.492 e. The molecule has 2 rings (SSSR count). The van der Waals surface area contributed by atoms with Gasteiger partial charge >= 0.3 is 0 Å². The first-order chi connectivity index (χ1) is 9.61. The number of carbonyl (C=O) groups excluding carboxylic acids is 1. The van der Waals surface area contributed by atoms with Gasteiger partial charge in [0.15, 0.2) is 0 Å². The highest BCUT2D eigenvalue weighted by molar-refractivity contribution is 9.10. The topological polar surface area (TPSA) is 38.3 Å². The molecule has 0 unspecified atom stereocenters. The molecule has 0 heterocycles. The van der Waals surface area contributed by atoms with Crippen LogP contribution in [0.5, 0.6) is 5.75 Å². The number of rotatable bonds is 4. The first kappa shape index (κ1) is 14.5. The van der Waals surface area contributed by atoms with Crippen LogP contribution in [0, 0.1) is 5.82 Å². The van der Waals surface area contributed by atoms with Crippen molar-refractivity contribution in [2.75, 3.05) is 11.9 Å². The molecule has 1 amide bonds. The molecule has 0 radical (unpaired) electrons. The zero-order valence-electron chi connectivity index (χ0n) is 10.8. The van der Waals surface area contributed by atoms with Crippen molar-refractivity contribution >= 4 is 27.5 Å². The predicted octanol–water partition coefficient (Wildman–Crippen LogP) is 4.24. The third-order valence-corrected chi connectivity index (χ3v) is 3.26. The molecular weight excluding hydrogens is 325 g/mol. The lowest BCUT2D eigenvalue weighted by atomic mass is 10.2. The van der Waals surface area contributed by atoms with Crippen molar-refractivity contribution in [3.05, 3.63) is 58.3 Å². The minimum absolute atomic E-state index is 0.247. The fourth-order valence-corrected chi connectivity index (χ4v) is 1.93. The Hall–Kier alpha value is -1.88. The summed E-state index contributed by atoms with van der Waals surface area (Å²) in [5.41, 5.74) is 0.805. The van der Waals surface area contributed by atoms with E-state index in [9.17, 15) is 9.18 Å². The average Bonchev–Trinajstić information content (AvgIpc) is 2.44. The lowest BCUT2D eigenvalue weighted by Gasteiger charge is -2.11. The van der Waals surface area contributed by atoms with Crippen LogP contribution in [0.4, 0.5) is 10.1 Å². The first-order valence-corrected chi connectivity index (χ1v) is 6.89. The van der Waals surface area contributed by atoms with E-state index < -0.39 is 5.82 Å². The quantitative estimate of drug-likeness (QED) is 0.906. The van der Waals surface area contributed by atoms with E-state index in [1.807, 2.05) is 13.0 Å². The lowest BCUT2D eigenvalue weighted by molar-refractivity contribution is 0.102. The van der Waals surface area contributed by atoms with E-state index in [1.54, 1.807) is 24.3 Å². The molecule has 2 aromatic carbocycles. The van der Waals surface area contributed by atoms with E-state index in [0.29, 0.717) is 22.5 Å². The molecule has 2 aromatic rings. The Morgan fingerprint density at radius 2 is 2.05 bits per heavy atom. The van der Waals surface area contributed by atoms with E-state index in [-0.39, 0.29) is 11.5 Å². The van der Waals surface area contributed by atoms with Crippen LogP contribution in [0.1, 0.15) is 17.3 Å². The smallest absolute Gasteiger partial charge is 0.255 e. The normalized spacial score (nSPS) is 10.2. The molecule has 5 heteroatoms. The summed E-state index contributed by atoms with van der Waals surface area (Å²) in [7, 11) is 0. The number of anilines is 1. The summed E-state index contributed by atoms with van der Waals surface area (Å²) in [6.07, 6.45) is 0. The van der Waals surface area contributed by atoms with Crippen molar-refractivity contribution in [1.29, 1.82) is 0 Å². The van der Waals surface area contributed by atoms with Crippen molar-refractivity contribution in [2.24, 2.45) is 0 Å². The summed E-state index contributed by atoms with van der Waals surface area (Å²) in [4.78, 5) is 12.1. The first-order valence-electron chi connectivity index (χ1n) is 6.10. The molecule has 0 bridgehead atoms. The monoisotopic (exact) mass is 337 g/mol. The molecule has 0 atom stereocenters. The third-order valence-electron chi connectivity index (χ3n) is 2.62. The fourth-order valence-electron chi connectivity index (χ4n) is 1.68. The standard InChI is InChI=1S/C15H13BrFNO2/c1-2-20-14-6-4-3-5-13(14)18-15(19)10-7-8-11(16)12(17)9-10/h3-9H,2H2,1H3,(H,18,19). The van der Waals surface area contributed by atoms with E-state index >= 15 is 0 Å². The second-order valence-corrected chi connectivity index (χ2v) is 4.87. The number of benzene rings is 2. The number of hydrogen-bond donors (Lipinski definition) is 1. The van der Waals surface area contributed by atoms with Gasteiger partial charge in [-0.05, 0) is 53.2 Å². The number of para-hydroxylation sites is 2. The van der Waals surface area contributed by atoms with Crippen molar-refractivity contribution < 1.29 is 13.9 Å². The van der Waals surface area contributed by atoms with Gasteiger partial charge < -0.3 is 10.1 Å². The van der Waals surface area contributed by atoms with Crippen LogP contribution in [0.3, 0.4) is 0 Å². The molecule has 0 fully saturated rings. The van der Waals surface area contributed by atoms with Gasteiger partial charge in [0.2, 0.25) is 0 Å². The van der Waals surface area contributed by atoms with E-state index in [2.05, 4.69) is 21.2 Å². The highest BCUT2D eigenvalue weighted by Gasteiger charge is 2.11. The van der Waals surface area contributed by atoms with E-state index in [0.717, 1.165) is 0 Å². The lowest BCUT2D eigenvalue weighted by Crippen LogP contribution is -2.13. The summed E-state index contributed by atoms with van der Waals surface area (Å²) in [5, 5.41) is 2.71. The number of hydrogen-bond acceptors (Lipinski definition) is 2. The summed E-state index contributed by atoms with van der Waals surface area (Å²) in [6.45, 7) is 2.36. The van der Waals surface area contributed by atoms with Crippen LogP contribution >= 0.6 is 15.9 Å². The van der Waals surface area contributed by atoms with Gasteiger partial charge in [-0.3, -0.25) is 4.79 Å². The number of amides is 1. The Morgan fingerprint density at radius 3 is 2.75 bits per heavy atom. The zero-order chi connectivity index (χ0) is 14.5. The van der Waals surface area contributed by atoms with Crippen LogP contribution in [0.2, 0.25) is 0 Å². The number of ether oxygens (including phenoxy) is 1. The molecule has 20 heavy (non-hydrogen) atoms. The van der Waals surface area contributed by atoms with Crippen molar-refractivity contribution in [3.8, 4) is 5.75 Å². The maximum absolute atomic E-state index is 13.4. The van der Waals surface area contributed by atoms with Gasteiger partial charge in [0, 0.05) is 5.56 Å². The van der Waals surface area contributed by atoms with E-state index in [1.165, 1.54) is 12.1 Å². The van der Waals surface area contributed by atoms with Crippen LogP contribution < -0.4 is 10.1 Å². The SMILES string of the molecule is CCOc1ccccc1NC(=O)c1ccc(Br)c(F)c1. The van der Waals surface area contributed by atoms with E-state index in [4.69, 9.17) is 4.74 Å². The van der Waals surface area contributed by atoms with Crippen LogP contribution in [-0.2, 0) is 0 Å². The molecular formula is C15H13BrFNO2. The average molecular weight is 338 g/mol. The zero-order valence-corrected chi connectivity index (χ0v) is 12.4. The van der Waals surface area contributed by atoms with Crippen LogP contribution in [0.15, 0.2) is 46.9 Å². The van der Waals surface area contributed by atoms with Crippen molar-refractivity contribution in [2.45, 2.75) is 6.92 Å². The van der Waals surface area contributed by atoms with Gasteiger partial charge in [0.25, 0.3) is 5.91 Å². The molecule has 0 aromatic heterocycles. The number of nitrogens with one attached hydrogen (secondary N) is 1. The van der Waals surface area contributed by atoms with Gasteiger partial charge in [-0.15, -0.1) is 0 Å². The number of carbonyl (C=O) groups is 1. The summed E-state index contributed by atoms with van der Waals surface area (Å²) in [6, 6.07) is 11.3. The molecule has 3 nitrogen and oxygen atoms in total. The Morgan fingerprint density at radius 1 is 1.30 bits per heavy atom. The Labute approximate surface area is 124 Å². The third kappa shape index (κ3) is 3.36. The Bertz CT molecular complexity index is 631. The van der Waals surface area contributed by atoms with Crippen molar-refractivity contribution in [1.82, 2.24) is 0 Å². The maximum atomic E-state index is 13.4. The minimum atomic E-state index is -0.476. The van der Waals surface area contributed by atoms with Gasteiger partial charge in [0.05, 0.1) is 16.8 Å². The Balaban J connectivity index is 2.21. The van der Waals surface area contributed by atoms with Gasteiger partial charge in [-0.1, -0.05) is 12.1 Å². The molecule has 0 saturated carbocycles. The van der Waals surface area contributed by atoms with Gasteiger partial charge in [-0.2, -0.15) is 0 Å². The van der Waals surface area contributed by atoms with Crippen LogP contribution in [0.25, 0.3) is 0 Å². The molecule has 0 spiro atoms. The van der Waals surface area contributed by atoms with Gasteiger partial charge in [-0.25, -0.2) is 4.39 Å². The molecule has 104 valence electrons. The predicted molar refractivity (Wildman–Crippen MR) is 79.7 cm³/mol. The highest BCUT2D eigenvalue weighted by Crippen LogP contribution is 2.24. The fraction of sp³-hybridized carbons (Fsp3) is 0.133. The summed E-state index contributed by atoms with van der Waals surface area (Å²) >= 11 is 3.05. The molecule has 0 aliphatic rings. The van der Waals surface area contributed by atoms with Crippen molar-refractivity contribution in [3.63, 3.8) is 0 Å².